The number of nitrogens with one attached hydrogen (secondary N) is 2. The third-order valence-corrected chi connectivity index (χ3v) is 5.43. The van der Waals surface area contributed by atoms with E-state index in [1.165, 1.54) is 38.1 Å². The number of amides is 2. The SMILES string of the molecule is CC(=O)Nc1ccc(C=Cc2ccc(NC(C)=O)cc2S(=O)(=O)[O-])c(S(=O)(=O)[O-])c1. The molecule has 2 N–H and O–H groups in total. The fraction of sp³-hybridized carbons (Fsp3) is 0.111. The summed E-state index contributed by atoms with van der Waals surface area (Å²) >= 11 is 0. The minimum absolute atomic E-state index is 0.0801. The van der Waals surface area contributed by atoms with E-state index in [-0.39, 0.29) is 22.5 Å². The number of hydrogen-bond donors (Lipinski definition) is 2. The predicted molar refractivity (Wildman–Crippen MR) is 106 cm³/mol. The molecule has 0 spiro atoms. The summed E-state index contributed by atoms with van der Waals surface area (Å²) in [5.41, 5.74) is -0.00769. The standard InChI is InChI=1S/C18H18N2O8S2/c1-11(21)19-15-7-5-13(17(9-15)29(23,24)25)3-4-14-6-8-16(20-12(2)22)10-18(14)30(26,27)28/h3-10H,1-2H3,(H,19,21)(H,20,22)(H,23,24,25)(H,26,27,28)/p-2. The number of benzene rings is 2. The maximum Gasteiger partial charge on any atom is 0.221 e. The summed E-state index contributed by atoms with van der Waals surface area (Å²) in [6.45, 7) is 2.41. The van der Waals surface area contributed by atoms with E-state index >= 15 is 0 Å². The van der Waals surface area contributed by atoms with Gasteiger partial charge in [0.2, 0.25) is 11.8 Å². The summed E-state index contributed by atoms with van der Waals surface area (Å²) in [6, 6.07) is 7.11. The molecule has 12 heteroatoms. The summed E-state index contributed by atoms with van der Waals surface area (Å²) in [4.78, 5) is 21.0. The molecule has 10 nitrogen and oxygen atoms in total. The Hall–Kier alpha value is -3.06. The first-order valence-corrected chi connectivity index (χ1v) is 11.0. The largest absolute Gasteiger partial charge is 0.744 e. The summed E-state index contributed by atoms with van der Waals surface area (Å²) in [7, 11) is -9.87. The average molecular weight is 452 g/mol. The molecule has 2 aromatic carbocycles. The van der Waals surface area contributed by atoms with Gasteiger partial charge in [0.15, 0.2) is 0 Å². The van der Waals surface area contributed by atoms with Crippen LogP contribution in [0.25, 0.3) is 12.2 Å². The summed E-state index contributed by atoms with van der Waals surface area (Å²) in [6.07, 6.45) is 2.29. The highest BCUT2D eigenvalue weighted by atomic mass is 32.2. The van der Waals surface area contributed by atoms with Gasteiger partial charge < -0.3 is 19.7 Å². The summed E-state index contributed by atoms with van der Waals surface area (Å²) < 4.78 is 69.5. The van der Waals surface area contributed by atoms with E-state index in [4.69, 9.17) is 0 Å². The van der Waals surface area contributed by atoms with Crippen molar-refractivity contribution in [2.45, 2.75) is 23.6 Å². The van der Waals surface area contributed by atoms with Crippen molar-refractivity contribution in [3.05, 3.63) is 47.5 Å². The minimum atomic E-state index is -4.93. The Kier molecular flexibility index (Phi) is 6.77. The zero-order valence-electron chi connectivity index (χ0n) is 15.7. The van der Waals surface area contributed by atoms with Gasteiger partial charge in [-0.25, -0.2) is 16.8 Å². The van der Waals surface area contributed by atoms with Crippen LogP contribution in [0, 0.1) is 0 Å². The monoisotopic (exact) mass is 452 g/mol. The van der Waals surface area contributed by atoms with Gasteiger partial charge in [0.25, 0.3) is 0 Å². The van der Waals surface area contributed by atoms with Gasteiger partial charge in [-0.2, -0.15) is 0 Å². The lowest BCUT2D eigenvalue weighted by atomic mass is 10.1. The van der Waals surface area contributed by atoms with Gasteiger partial charge in [-0.05, 0) is 35.4 Å². The topological polar surface area (TPSA) is 173 Å². The van der Waals surface area contributed by atoms with Crippen LogP contribution in [0.4, 0.5) is 11.4 Å². The molecule has 2 aromatic rings. The normalized spacial score (nSPS) is 12.0. The molecule has 0 saturated carbocycles. The van der Waals surface area contributed by atoms with Crippen LogP contribution in [-0.4, -0.2) is 37.8 Å². The second-order valence-corrected chi connectivity index (χ2v) is 8.81. The Bertz CT molecular complexity index is 1150. The molecule has 160 valence electrons. The zero-order chi connectivity index (χ0) is 22.7. The van der Waals surface area contributed by atoms with Gasteiger partial charge in [-0.1, -0.05) is 24.3 Å². The first-order valence-electron chi connectivity index (χ1n) is 8.20. The van der Waals surface area contributed by atoms with Crippen LogP contribution < -0.4 is 10.6 Å². The third kappa shape index (κ3) is 6.22. The molecular weight excluding hydrogens is 436 g/mol. The highest BCUT2D eigenvalue weighted by Crippen LogP contribution is 2.26. The van der Waals surface area contributed by atoms with Crippen LogP contribution in [0.1, 0.15) is 25.0 Å². The molecule has 0 atom stereocenters. The van der Waals surface area contributed by atoms with Crippen LogP contribution in [0.2, 0.25) is 0 Å². The van der Waals surface area contributed by atoms with Gasteiger partial charge in [0, 0.05) is 25.2 Å². The lowest BCUT2D eigenvalue weighted by Gasteiger charge is -2.14. The molecule has 2 rings (SSSR count). The maximum atomic E-state index is 11.6. The molecule has 0 heterocycles. The molecule has 0 fully saturated rings. The minimum Gasteiger partial charge on any atom is -0.744 e. The highest BCUT2D eigenvalue weighted by molar-refractivity contribution is 7.86. The van der Waals surface area contributed by atoms with E-state index in [2.05, 4.69) is 10.6 Å². The van der Waals surface area contributed by atoms with Gasteiger partial charge in [0.1, 0.15) is 20.2 Å². The first-order chi connectivity index (χ1) is 13.8. The van der Waals surface area contributed by atoms with E-state index in [0.29, 0.717) is 0 Å². The Morgan fingerprint density at radius 2 is 1.07 bits per heavy atom. The van der Waals surface area contributed by atoms with Crippen molar-refractivity contribution >= 4 is 55.6 Å². The second-order valence-electron chi connectivity index (χ2n) is 6.11. The smallest absolute Gasteiger partial charge is 0.221 e. The molecule has 0 bridgehead atoms. The van der Waals surface area contributed by atoms with Crippen molar-refractivity contribution in [3.8, 4) is 0 Å². The second kappa shape index (κ2) is 8.75. The molecule has 0 aliphatic carbocycles. The van der Waals surface area contributed by atoms with Crippen molar-refractivity contribution in [1.82, 2.24) is 0 Å². The molecule has 0 unspecified atom stereocenters. The van der Waals surface area contributed by atoms with E-state index in [1.807, 2.05) is 0 Å². The number of hydrogen-bond acceptors (Lipinski definition) is 8. The quantitative estimate of drug-likeness (QED) is 0.491. The maximum absolute atomic E-state index is 11.6. The average Bonchev–Trinajstić information content (AvgIpc) is 2.58. The van der Waals surface area contributed by atoms with Crippen LogP contribution in [0.5, 0.6) is 0 Å². The van der Waals surface area contributed by atoms with Crippen LogP contribution in [0.3, 0.4) is 0 Å². The molecule has 0 radical (unpaired) electrons. The number of carbonyl (C=O) groups is 2. The lowest BCUT2D eigenvalue weighted by molar-refractivity contribution is -0.115. The number of rotatable bonds is 6. The van der Waals surface area contributed by atoms with Gasteiger partial charge in [0.05, 0.1) is 9.79 Å². The predicted octanol–water partition coefficient (Wildman–Crippen LogP) is 1.58. The van der Waals surface area contributed by atoms with Crippen molar-refractivity contribution in [1.29, 1.82) is 0 Å². The molecule has 2 amide bonds. The highest BCUT2D eigenvalue weighted by Gasteiger charge is 2.12. The van der Waals surface area contributed by atoms with E-state index < -0.39 is 41.8 Å². The van der Waals surface area contributed by atoms with Gasteiger partial charge in [-0.3, -0.25) is 9.59 Å². The van der Waals surface area contributed by atoms with Crippen LogP contribution in [0.15, 0.2) is 46.2 Å². The first kappa shape index (κ1) is 23.2. The Morgan fingerprint density at radius 1 is 0.733 bits per heavy atom. The Balaban J connectivity index is 2.56. The van der Waals surface area contributed by atoms with Gasteiger partial charge >= 0.3 is 0 Å². The van der Waals surface area contributed by atoms with E-state index in [0.717, 1.165) is 24.3 Å². The zero-order valence-corrected chi connectivity index (χ0v) is 17.3. The van der Waals surface area contributed by atoms with E-state index in [1.54, 1.807) is 0 Å². The molecule has 0 aromatic heterocycles. The van der Waals surface area contributed by atoms with Crippen LogP contribution >= 0.6 is 0 Å². The Labute approximate surface area is 173 Å². The summed E-state index contributed by atoms with van der Waals surface area (Å²) in [5, 5.41) is 4.70. The summed E-state index contributed by atoms with van der Waals surface area (Å²) in [5.74, 6) is -0.950. The molecule has 30 heavy (non-hydrogen) atoms. The van der Waals surface area contributed by atoms with Crippen molar-refractivity contribution in [2.75, 3.05) is 10.6 Å². The molecule has 0 aliphatic rings. The number of anilines is 2. The molecule has 0 saturated heterocycles. The van der Waals surface area contributed by atoms with Crippen molar-refractivity contribution in [3.63, 3.8) is 0 Å². The van der Waals surface area contributed by atoms with Crippen molar-refractivity contribution in [2.24, 2.45) is 0 Å². The lowest BCUT2D eigenvalue weighted by Crippen LogP contribution is -2.08. The third-order valence-electron chi connectivity index (χ3n) is 3.65. The molecule has 0 aliphatic heterocycles. The van der Waals surface area contributed by atoms with Crippen molar-refractivity contribution < 1.29 is 35.5 Å². The fourth-order valence-corrected chi connectivity index (χ4v) is 3.91. The Morgan fingerprint density at radius 3 is 1.33 bits per heavy atom. The molecular formula is C18H16N2O8S2-2. The number of carbonyl (C=O) groups excluding carboxylic acids is 2. The van der Waals surface area contributed by atoms with Gasteiger partial charge in [-0.15, -0.1) is 0 Å². The van der Waals surface area contributed by atoms with E-state index in [9.17, 15) is 35.5 Å². The fourth-order valence-electron chi connectivity index (χ4n) is 2.52. The van der Waals surface area contributed by atoms with Crippen LogP contribution in [-0.2, 0) is 29.8 Å².